The molecule has 0 bridgehead atoms. The zero-order chi connectivity index (χ0) is 60.1. The van der Waals surface area contributed by atoms with Crippen LogP contribution in [0.1, 0.15) is 120 Å². The fourth-order valence-electron chi connectivity index (χ4n) is 13.8. The number of likely N-dealkylation sites (tertiary alicyclic amines) is 3. The van der Waals surface area contributed by atoms with Gasteiger partial charge in [-0.15, -0.1) is 0 Å². The number of nitrogens with two attached hydrogens (primary N) is 3. The highest BCUT2D eigenvalue weighted by Gasteiger charge is 2.41. The summed E-state index contributed by atoms with van der Waals surface area (Å²) in [5.41, 5.74) is 28.9. The number of hydrogen-bond donors (Lipinski definition) is 7. The van der Waals surface area contributed by atoms with Crippen molar-refractivity contribution < 1.29 is 19.5 Å². The Labute approximate surface area is 509 Å². The van der Waals surface area contributed by atoms with E-state index in [2.05, 4.69) is 84.6 Å². The Morgan fingerprint density at radius 1 is 0.535 bits per heavy atom. The van der Waals surface area contributed by atoms with Gasteiger partial charge in [-0.1, -0.05) is 36.4 Å². The van der Waals surface area contributed by atoms with Crippen molar-refractivity contribution in [3.8, 4) is 0 Å². The summed E-state index contributed by atoms with van der Waals surface area (Å²) in [5, 5.41) is 20.9. The molecule has 16 heteroatoms. The number of nitrogens with one attached hydrogen (secondary N) is 3. The Morgan fingerprint density at radius 3 is 1.51 bits per heavy atom. The maximum atomic E-state index is 13.7. The SMILES string of the molecule is CCN(c1ccc(C(=O)Nc2ccccc2N)cc1)C1CCN(CC2CC2c2cccc(NC(=O)c3ccc(N(C)C4CCN(CC(C)(O)Cc5cccc(NC(=O)c6ccc(N(C)C7CCN(CC8CC8)CC7)cc6)c5N)CC4)cc3)c2N)CC1. The minimum Gasteiger partial charge on any atom is -0.397 e. The van der Waals surface area contributed by atoms with Crippen LogP contribution in [0.15, 0.2) is 133 Å². The third-order valence-electron chi connectivity index (χ3n) is 19.3. The van der Waals surface area contributed by atoms with Crippen molar-refractivity contribution >= 4 is 68.9 Å². The van der Waals surface area contributed by atoms with Crippen molar-refractivity contribution in [3.63, 3.8) is 0 Å². The first-order chi connectivity index (χ1) is 41.6. The maximum absolute atomic E-state index is 13.7. The van der Waals surface area contributed by atoms with Gasteiger partial charge in [0.1, 0.15) is 0 Å². The van der Waals surface area contributed by atoms with E-state index < -0.39 is 5.60 Å². The number of nitrogen functional groups attached to an aromatic ring is 3. The van der Waals surface area contributed by atoms with Crippen LogP contribution in [0.2, 0.25) is 0 Å². The van der Waals surface area contributed by atoms with Gasteiger partial charge in [-0.05, 0) is 198 Å². The number of rotatable bonds is 22. The number of carbonyl (C=O) groups is 3. The van der Waals surface area contributed by atoms with Gasteiger partial charge in [0.15, 0.2) is 0 Å². The fourth-order valence-corrected chi connectivity index (χ4v) is 13.8. The average molecular weight is 1160 g/mol. The number of piperidine rings is 3. The second-order valence-electron chi connectivity index (χ2n) is 25.6. The first-order valence-corrected chi connectivity index (χ1v) is 31.5. The lowest BCUT2D eigenvalue weighted by Crippen LogP contribution is -2.49. The Hall–Kier alpha value is -7.63. The number of carbonyl (C=O) groups excluding carboxylic acids is 3. The minimum atomic E-state index is -1.05. The molecule has 10 N–H and O–H groups in total. The molecule has 3 aliphatic heterocycles. The van der Waals surface area contributed by atoms with Crippen molar-refractivity contribution in [2.45, 2.75) is 108 Å². The first-order valence-electron chi connectivity index (χ1n) is 31.5. The molecule has 3 saturated heterocycles. The fraction of sp³-hybridized carbons (Fsp3) is 0.443. The molecular formula is C70H90N12O4. The van der Waals surface area contributed by atoms with Crippen molar-refractivity contribution in [1.29, 1.82) is 0 Å². The summed E-state index contributed by atoms with van der Waals surface area (Å²) >= 11 is 0. The van der Waals surface area contributed by atoms with Crippen molar-refractivity contribution in [2.75, 3.05) is 127 Å². The molecule has 3 unspecified atom stereocenters. The van der Waals surface area contributed by atoms with Crippen molar-refractivity contribution in [3.05, 3.63) is 161 Å². The number of aliphatic hydroxyl groups is 1. The van der Waals surface area contributed by atoms with E-state index in [4.69, 9.17) is 17.2 Å². The van der Waals surface area contributed by atoms with E-state index in [1.165, 1.54) is 19.4 Å². The highest BCUT2D eigenvalue weighted by Crippen LogP contribution is 2.51. The lowest BCUT2D eigenvalue weighted by Gasteiger charge is -2.40. The van der Waals surface area contributed by atoms with Crippen LogP contribution in [0.4, 0.5) is 51.2 Å². The predicted octanol–water partition coefficient (Wildman–Crippen LogP) is 10.5. The maximum Gasteiger partial charge on any atom is 0.255 e. The monoisotopic (exact) mass is 1160 g/mol. The molecule has 5 aliphatic rings. The molecule has 2 saturated carbocycles. The second-order valence-corrected chi connectivity index (χ2v) is 25.6. The molecule has 5 fully saturated rings. The number of β-amino-alcohol motifs (C(OH)–C–C–N with tert-alkyl or cyclic N) is 1. The molecule has 454 valence electrons. The van der Waals surface area contributed by atoms with Crippen LogP contribution >= 0.6 is 0 Å². The van der Waals surface area contributed by atoms with Crippen LogP contribution in [-0.2, 0) is 6.42 Å². The predicted molar refractivity (Wildman–Crippen MR) is 352 cm³/mol. The van der Waals surface area contributed by atoms with Gasteiger partial charge in [0.05, 0.1) is 39.7 Å². The Bertz CT molecular complexity index is 3290. The first kappa shape index (κ1) is 60.1. The molecule has 86 heavy (non-hydrogen) atoms. The molecule has 11 rings (SSSR count). The molecule has 3 atom stereocenters. The summed E-state index contributed by atoms with van der Waals surface area (Å²) in [7, 11) is 4.28. The quantitative estimate of drug-likeness (QED) is 0.0317. The van der Waals surface area contributed by atoms with E-state index in [-0.39, 0.29) is 17.7 Å². The number of anilines is 9. The van der Waals surface area contributed by atoms with Gasteiger partial charge in [-0.2, -0.15) is 0 Å². The average Bonchev–Trinajstić information content (AvgIpc) is 3.51. The van der Waals surface area contributed by atoms with Crippen LogP contribution < -0.4 is 47.9 Å². The topological polar surface area (TPSA) is 205 Å². The summed E-state index contributed by atoms with van der Waals surface area (Å²) in [6, 6.07) is 43.7. The van der Waals surface area contributed by atoms with Gasteiger partial charge in [0.2, 0.25) is 0 Å². The molecule has 0 spiro atoms. The summed E-state index contributed by atoms with van der Waals surface area (Å²) in [4.78, 5) is 54.8. The summed E-state index contributed by atoms with van der Waals surface area (Å²) in [6.07, 6.45) is 10.5. The molecule has 0 aromatic heterocycles. The highest BCUT2D eigenvalue weighted by molar-refractivity contribution is 6.07. The lowest BCUT2D eigenvalue weighted by atomic mass is 9.93. The van der Waals surface area contributed by atoms with Crippen LogP contribution in [0, 0.1) is 11.8 Å². The molecule has 3 amide bonds. The molecule has 3 heterocycles. The summed E-state index contributed by atoms with van der Waals surface area (Å²) in [6.45, 7) is 13.8. The second kappa shape index (κ2) is 26.5. The zero-order valence-corrected chi connectivity index (χ0v) is 50.9. The van der Waals surface area contributed by atoms with Crippen LogP contribution in [0.3, 0.4) is 0 Å². The van der Waals surface area contributed by atoms with Crippen LogP contribution in [-0.4, -0.2) is 141 Å². The Morgan fingerprint density at radius 2 is 0.988 bits per heavy atom. The van der Waals surface area contributed by atoms with Crippen LogP contribution in [0.5, 0.6) is 0 Å². The molecule has 0 radical (unpaired) electrons. The van der Waals surface area contributed by atoms with Gasteiger partial charge >= 0.3 is 0 Å². The third kappa shape index (κ3) is 14.6. The minimum absolute atomic E-state index is 0.179. The van der Waals surface area contributed by atoms with E-state index in [0.717, 1.165) is 131 Å². The third-order valence-corrected chi connectivity index (χ3v) is 19.3. The largest absolute Gasteiger partial charge is 0.397 e. The normalized spacial score (nSPS) is 19.7. The van der Waals surface area contributed by atoms with E-state index in [1.807, 2.05) is 110 Å². The zero-order valence-electron chi connectivity index (χ0n) is 50.9. The molecular weight excluding hydrogens is 1070 g/mol. The van der Waals surface area contributed by atoms with E-state index in [9.17, 15) is 19.5 Å². The number of amides is 3. The number of benzene rings is 6. The van der Waals surface area contributed by atoms with Crippen molar-refractivity contribution in [1.82, 2.24) is 14.7 Å². The highest BCUT2D eigenvalue weighted by atomic mass is 16.3. The van der Waals surface area contributed by atoms with E-state index in [0.29, 0.717) is 93.7 Å². The van der Waals surface area contributed by atoms with Gasteiger partial charge in [0.25, 0.3) is 17.7 Å². The molecule has 16 nitrogen and oxygen atoms in total. The lowest BCUT2D eigenvalue weighted by molar-refractivity contribution is 0.0131. The van der Waals surface area contributed by atoms with Crippen LogP contribution in [0.25, 0.3) is 0 Å². The van der Waals surface area contributed by atoms with Gasteiger partial charge in [0, 0.05) is 138 Å². The smallest absolute Gasteiger partial charge is 0.255 e. The van der Waals surface area contributed by atoms with Gasteiger partial charge in [-0.3, -0.25) is 14.4 Å². The van der Waals surface area contributed by atoms with E-state index >= 15 is 0 Å². The number of nitrogens with zero attached hydrogens (tertiary/aromatic N) is 6. The Kier molecular flexibility index (Phi) is 18.5. The van der Waals surface area contributed by atoms with E-state index in [1.54, 1.807) is 12.1 Å². The standard InChI is InChI=1S/C70H90N12O4/c1-5-82(57-28-22-50(23-29-57)67(83)74-62-13-7-6-12-61(62)71)58-34-38-80(39-35-58)45-52-42-60(52)59-11-9-15-64(66(59)73)76-69(85)49-20-26-54(27-21-49)78(4)56-32-40-81(41-33-56)46-70(2,86)43-51-10-8-14-63(65(51)72)75-68(84)48-18-24-53(25-19-48)77(3)55-30-36-79(37-31-55)44-47-16-17-47/h6-15,18-29,47,52,55-56,58,60,86H,5,16-17,30-46,71-73H2,1-4H3,(H,74,83)(H,75,84)(H,76,85). The van der Waals surface area contributed by atoms with Gasteiger partial charge < -0.3 is 67.7 Å². The molecule has 2 aliphatic carbocycles. The van der Waals surface area contributed by atoms with Gasteiger partial charge in [-0.25, -0.2) is 0 Å². The molecule has 6 aromatic rings. The summed E-state index contributed by atoms with van der Waals surface area (Å²) < 4.78 is 0. The van der Waals surface area contributed by atoms with Crippen molar-refractivity contribution in [2.24, 2.45) is 11.8 Å². The number of hydrogen-bond acceptors (Lipinski definition) is 13. The molecule has 6 aromatic carbocycles. The Balaban J connectivity index is 0.598. The number of para-hydroxylation sites is 4. The summed E-state index contributed by atoms with van der Waals surface area (Å²) in [5.74, 6) is 1.22.